The van der Waals surface area contributed by atoms with Gasteiger partial charge in [-0.2, -0.15) is 0 Å². The van der Waals surface area contributed by atoms with Crippen molar-refractivity contribution < 1.29 is 19.1 Å². The van der Waals surface area contributed by atoms with Crippen molar-refractivity contribution in [1.82, 2.24) is 10.9 Å². The standard InChI is InChI=1S/C19H21BrN2O4/c1-12-9-15(20)10-13(2)18(12)26-14(3)19(24)22-21-17(23)11-25-16-7-5-4-6-8-16/h4-10,14H,11H2,1-3H3,(H,21,23)(H,22,24). The summed E-state index contributed by atoms with van der Waals surface area (Å²) in [6, 6.07) is 12.8. The molecule has 7 heteroatoms. The second-order valence-electron chi connectivity index (χ2n) is 5.77. The molecule has 0 aromatic heterocycles. The molecule has 0 aliphatic heterocycles. The number of carbonyl (C=O) groups excluding carboxylic acids is 2. The van der Waals surface area contributed by atoms with Gasteiger partial charge in [-0.25, -0.2) is 0 Å². The van der Waals surface area contributed by atoms with E-state index in [0.29, 0.717) is 11.5 Å². The molecule has 138 valence electrons. The smallest absolute Gasteiger partial charge is 0.279 e. The summed E-state index contributed by atoms with van der Waals surface area (Å²) in [6.45, 7) is 5.22. The van der Waals surface area contributed by atoms with Crippen LogP contribution in [0.1, 0.15) is 18.1 Å². The molecule has 2 N–H and O–H groups in total. The van der Waals surface area contributed by atoms with Crippen LogP contribution in [-0.2, 0) is 9.59 Å². The molecule has 6 nitrogen and oxygen atoms in total. The summed E-state index contributed by atoms with van der Waals surface area (Å²) < 4.78 is 12.0. The van der Waals surface area contributed by atoms with Crippen LogP contribution in [0.25, 0.3) is 0 Å². The number of rotatable bonds is 6. The summed E-state index contributed by atoms with van der Waals surface area (Å²) in [5.74, 6) is 0.298. The maximum atomic E-state index is 12.1. The number of benzene rings is 2. The van der Waals surface area contributed by atoms with Gasteiger partial charge in [-0.1, -0.05) is 34.1 Å². The molecule has 0 aliphatic carbocycles. The third-order valence-electron chi connectivity index (χ3n) is 3.53. The van der Waals surface area contributed by atoms with Gasteiger partial charge in [-0.3, -0.25) is 20.4 Å². The Labute approximate surface area is 161 Å². The molecule has 0 saturated heterocycles. The minimum Gasteiger partial charge on any atom is -0.484 e. The van der Waals surface area contributed by atoms with E-state index in [9.17, 15) is 9.59 Å². The molecule has 1 atom stereocenters. The van der Waals surface area contributed by atoms with E-state index in [1.165, 1.54) is 0 Å². The quantitative estimate of drug-likeness (QED) is 0.703. The molecule has 1 unspecified atom stereocenters. The molecular weight excluding hydrogens is 400 g/mol. The number of aryl methyl sites for hydroxylation is 2. The van der Waals surface area contributed by atoms with Gasteiger partial charge < -0.3 is 9.47 Å². The lowest BCUT2D eigenvalue weighted by Gasteiger charge is -2.18. The van der Waals surface area contributed by atoms with E-state index in [2.05, 4.69) is 26.8 Å². The Balaban J connectivity index is 1.81. The predicted molar refractivity (Wildman–Crippen MR) is 102 cm³/mol. The first-order valence-corrected chi connectivity index (χ1v) is 8.86. The monoisotopic (exact) mass is 420 g/mol. The number of halogens is 1. The van der Waals surface area contributed by atoms with Crippen LogP contribution < -0.4 is 20.3 Å². The van der Waals surface area contributed by atoms with Gasteiger partial charge in [0.2, 0.25) is 0 Å². The van der Waals surface area contributed by atoms with Gasteiger partial charge in [0, 0.05) is 4.47 Å². The van der Waals surface area contributed by atoms with E-state index in [4.69, 9.17) is 9.47 Å². The van der Waals surface area contributed by atoms with Crippen molar-refractivity contribution in [3.05, 3.63) is 58.1 Å². The van der Waals surface area contributed by atoms with Gasteiger partial charge in [0.1, 0.15) is 11.5 Å². The predicted octanol–water partition coefficient (Wildman–Crippen LogP) is 3.06. The van der Waals surface area contributed by atoms with Gasteiger partial charge in [-0.05, 0) is 56.2 Å². The highest BCUT2D eigenvalue weighted by Gasteiger charge is 2.18. The van der Waals surface area contributed by atoms with Crippen molar-refractivity contribution in [1.29, 1.82) is 0 Å². The Morgan fingerprint density at radius 2 is 1.69 bits per heavy atom. The van der Waals surface area contributed by atoms with Crippen LogP contribution in [0.15, 0.2) is 46.9 Å². The summed E-state index contributed by atoms with van der Waals surface area (Å²) in [6.07, 6.45) is -0.774. The number of hydrogen-bond donors (Lipinski definition) is 2. The Bertz CT molecular complexity index is 757. The third-order valence-corrected chi connectivity index (χ3v) is 3.99. The van der Waals surface area contributed by atoms with Gasteiger partial charge in [-0.15, -0.1) is 0 Å². The van der Waals surface area contributed by atoms with Crippen molar-refractivity contribution >= 4 is 27.7 Å². The average Bonchev–Trinajstić information content (AvgIpc) is 2.61. The first kappa shape index (κ1) is 19.8. The third kappa shape index (κ3) is 5.77. The topological polar surface area (TPSA) is 76.7 Å². The number of hydrazine groups is 1. The molecule has 0 saturated carbocycles. The summed E-state index contributed by atoms with van der Waals surface area (Å²) >= 11 is 3.42. The Morgan fingerprint density at radius 1 is 1.08 bits per heavy atom. The summed E-state index contributed by atoms with van der Waals surface area (Å²) in [5, 5.41) is 0. The van der Waals surface area contributed by atoms with E-state index in [0.717, 1.165) is 15.6 Å². The second-order valence-corrected chi connectivity index (χ2v) is 6.68. The number of para-hydroxylation sites is 1. The van der Waals surface area contributed by atoms with Crippen LogP contribution in [0.3, 0.4) is 0 Å². The highest BCUT2D eigenvalue weighted by atomic mass is 79.9. The van der Waals surface area contributed by atoms with Crippen molar-refractivity contribution in [2.24, 2.45) is 0 Å². The number of nitrogens with one attached hydrogen (secondary N) is 2. The van der Waals surface area contributed by atoms with Crippen LogP contribution >= 0.6 is 15.9 Å². The van der Waals surface area contributed by atoms with Gasteiger partial charge in [0.05, 0.1) is 0 Å². The Morgan fingerprint density at radius 3 is 2.31 bits per heavy atom. The van der Waals surface area contributed by atoms with Crippen molar-refractivity contribution in [2.45, 2.75) is 26.9 Å². The van der Waals surface area contributed by atoms with Crippen molar-refractivity contribution in [2.75, 3.05) is 6.61 Å². The van der Waals surface area contributed by atoms with E-state index in [1.54, 1.807) is 31.2 Å². The van der Waals surface area contributed by atoms with Crippen molar-refractivity contribution in [3.8, 4) is 11.5 Å². The SMILES string of the molecule is Cc1cc(Br)cc(C)c1OC(C)C(=O)NNC(=O)COc1ccccc1. The number of ether oxygens (including phenoxy) is 2. The zero-order chi connectivity index (χ0) is 19.1. The zero-order valence-electron chi connectivity index (χ0n) is 14.8. The number of carbonyl (C=O) groups is 2. The zero-order valence-corrected chi connectivity index (χ0v) is 16.4. The minimum absolute atomic E-state index is 0.204. The molecule has 0 fully saturated rings. The lowest BCUT2D eigenvalue weighted by molar-refractivity contribution is -0.133. The summed E-state index contributed by atoms with van der Waals surface area (Å²) in [4.78, 5) is 23.9. The van der Waals surface area contributed by atoms with E-state index < -0.39 is 17.9 Å². The van der Waals surface area contributed by atoms with Gasteiger partial charge in [0.25, 0.3) is 11.8 Å². The average molecular weight is 421 g/mol. The molecular formula is C19H21BrN2O4. The fourth-order valence-corrected chi connectivity index (χ4v) is 2.93. The van der Waals surface area contributed by atoms with E-state index in [1.807, 2.05) is 32.0 Å². The Kier molecular flexibility index (Phi) is 7.03. The number of hydrogen-bond acceptors (Lipinski definition) is 4. The molecule has 2 aromatic carbocycles. The molecule has 2 rings (SSSR count). The molecule has 2 amide bonds. The molecule has 26 heavy (non-hydrogen) atoms. The van der Waals surface area contributed by atoms with E-state index in [-0.39, 0.29) is 6.61 Å². The molecule has 0 radical (unpaired) electrons. The fraction of sp³-hybridized carbons (Fsp3) is 0.263. The van der Waals surface area contributed by atoms with Gasteiger partial charge in [0.15, 0.2) is 12.7 Å². The first-order valence-electron chi connectivity index (χ1n) is 8.06. The normalized spacial score (nSPS) is 11.4. The maximum absolute atomic E-state index is 12.1. The van der Waals surface area contributed by atoms with E-state index >= 15 is 0 Å². The highest BCUT2D eigenvalue weighted by Crippen LogP contribution is 2.28. The number of amides is 2. The lowest BCUT2D eigenvalue weighted by Crippen LogP contribution is -2.48. The second kappa shape index (κ2) is 9.24. The van der Waals surface area contributed by atoms with Crippen molar-refractivity contribution in [3.63, 3.8) is 0 Å². The van der Waals surface area contributed by atoms with Crippen LogP contribution in [-0.4, -0.2) is 24.5 Å². The highest BCUT2D eigenvalue weighted by molar-refractivity contribution is 9.10. The lowest BCUT2D eigenvalue weighted by atomic mass is 10.1. The molecule has 0 spiro atoms. The van der Waals surface area contributed by atoms with Crippen LogP contribution in [0.2, 0.25) is 0 Å². The largest absolute Gasteiger partial charge is 0.484 e. The van der Waals surface area contributed by atoms with Gasteiger partial charge >= 0.3 is 0 Å². The van der Waals surface area contributed by atoms with Crippen LogP contribution in [0.4, 0.5) is 0 Å². The van der Waals surface area contributed by atoms with Crippen LogP contribution in [0.5, 0.6) is 11.5 Å². The Hall–Kier alpha value is -2.54. The fourth-order valence-electron chi connectivity index (χ4n) is 2.25. The summed E-state index contributed by atoms with van der Waals surface area (Å²) in [7, 11) is 0. The summed E-state index contributed by atoms with van der Waals surface area (Å²) in [5.41, 5.74) is 6.47. The molecule has 0 aliphatic rings. The molecule has 2 aromatic rings. The van der Waals surface area contributed by atoms with Crippen LogP contribution in [0, 0.1) is 13.8 Å². The first-order chi connectivity index (χ1) is 12.4. The molecule has 0 bridgehead atoms. The maximum Gasteiger partial charge on any atom is 0.279 e. The minimum atomic E-state index is -0.774. The molecule has 0 heterocycles.